The number of carboxylic acids is 1. The summed E-state index contributed by atoms with van der Waals surface area (Å²) in [6.45, 7) is 14.4. The van der Waals surface area contributed by atoms with Crippen LogP contribution in [-0.2, 0) is 11.3 Å². The Balaban J connectivity index is 0.000000914. The van der Waals surface area contributed by atoms with Crippen LogP contribution in [0.15, 0.2) is 53.1 Å². The summed E-state index contributed by atoms with van der Waals surface area (Å²) in [7, 11) is 0. The van der Waals surface area contributed by atoms with Crippen LogP contribution in [0.2, 0.25) is 0 Å². The van der Waals surface area contributed by atoms with E-state index in [0.717, 1.165) is 49.7 Å². The zero-order chi connectivity index (χ0) is 24.2. The van der Waals surface area contributed by atoms with Crippen LogP contribution in [0.25, 0.3) is 11.3 Å². The first-order chi connectivity index (χ1) is 16.1. The van der Waals surface area contributed by atoms with Crippen molar-refractivity contribution in [1.82, 2.24) is 9.88 Å². The quantitative estimate of drug-likeness (QED) is 0.475. The smallest absolute Gasteiger partial charge is 0.335 e. The minimum atomic E-state index is -0.955. The molecule has 4 rings (SSSR count). The molecule has 0 unspecified atom stereocenters. The number of nitrogens with one attached hydrogen (secondary N) is 1. The molecule has 0 aliphatic carbocycles. The predicted molar refractivity (Wildman–Crippen MR) is 132 cm³/mol. The van der Waals surface area contributed by atoms with Crippen molar-refractivity contribution >= 4 is 17.7 Å². The highest BCUT2D eigenvalue weighted by atomic mass is 16.5. The van der Waals surface area contributed by atoms with E-state index in [0.29, 0.717) is 11.8 Å². The summed E-state index contributed by atoms with van der Waals surface area (Å²) in [4.78, 5) is 17.7. The maximum absolute atomic E-state index is 11.0. The van der Waals surface area contributed by atoms with Crippen molar-refractivity contribution in [1.29, 1.82) is 0 Å². The minimum absolute atomic E-state index is 0.235. The van der Waals surface area contributed by atoms with Gasteiger partial charge < -0.3 is 19.6 Å². The Morgan fingerprint density at radius 2 is 1.73 bits per heavy atom. The van der Waals surface area contributed by atoms with Crippen molar-refractivity contribution in [2.24, 2.45) is 0 Å². The molecule has 1 fully saturated rings. The highest BCUT2D eigenvalue weighted by molar-refractivity contribution is 5.88. The van der Waals surface area contributed by atoms with Gasteiger partial charge >= 0.3 is 5.97 Å². The molecule has 1 aliphatic rings. The van der Waals surface area contributed by atoms with Crippen molar-refractivity contribution in [3.63, 3.8) is 0 Å². The van der Waals surface area contributed by atoms with E-state index in [4.69, 9.17) is 14.3 Å². The summed E-state index contributed by atoms with van der Waals surface area (Å²) in [5.74, 6) is -0.380. The summed E-state index contributed by atoms with van der Waals surface area (Å²) in [6.07, 6.45) is 1.63. The monoisotopic (exact) mass is 453 g/mol. The molecule has 0 atom stereocenters. The van der Waals surface area contributed by atoms with Crippen LogP contribution in [0.5, 0.6) is 0 Å². The fourth-order valence-electron chi connectivity index (χ4n) is 3.41. The van der Waals surface area contributed by atoms with Crippen LogP contribution in [0.1, 0.15) is 49.2 Å². The molecule has 0 spiro atoms. The van der Waals surface area contributed by atoms with Gasteiger partial charge in [-0.1, -0.05) is 45.9 Å². The molecule has 178 valence electrons. The van der Waals surface area contributed by atoms with Gasteiger partial charge in [0.05, 0.1) is 25.0 Å². The Bertz CT molecular complexity index is 993. The number of aromatic carboxylic acids is 1. The molecule has 33 heavy (non-hydrogen) atoms. The largest absolute Gasteiger partial charge is 0.478 e. The normalized spacial score (nSPS) is 13.2. The molecule has 0 saturated carbocycles. The minimum Gasteiger partial charge on any atom is -0.478 e. The first-order valence-electron chi connectivity index (χ1n) is 11.5. The fraction of sp³-hybridized carbons (Fsp3) is 0.385. The molecule has 2 heterocycles. The van der Waals surface area contributed by atoms with E-state index in [2.05, 4.69) is 34.3 Å². The topological polar surface area (TPSA) is 87.8 Å². The molecular weight excluding hydrogens is 418 g/mol. The van der Waals surface area contributed by atoms with E-state index in [-0.39, 0.29) is 5.56 Å². The number of hydrogen-bond donors (Lipinski definition) is 2. The van der Waals surface area contributed by atoms with E-state index in [1.165, 1.54) is 5.56 Å². The molecule has 1 aliphatic heterocycles. The number of nitrogens with zero attached hydrogens (tertiary/aromatic N) is 2. The lowest BCUT2D eigenvalue weighted by Gasteiger charge is -2.26. The standard InChI is InChI=1S/C22H23N3O4.2C2H6/c1-15-10-16(14-25-6-8-28-9-7-25)12-19(11-15)24-22-23-13-20(29-22)17-2-4-18(5-3-17)21(26)27;2*1-2/h2-5,10-13H,6-9,14H2,1H3,(H,23,24)(H,26,27);2*1-2H3. The lowest BCUT2D eigenvalue weighted by Crippen LogP contribution is -2.35. The van der Waals surface area contributed by atoms with Gasteiger partial charge in [-0.05, 0) is 42.3 Å². The van der Waals surface area contributed by atoms with Crippen LogP contribution < -0.4 is 5.32 Å². The molecule has 1 saturated heterocycles. The van der Waals surface area contributed by atoms with Gasteiger partial charge in [-0.2, -0.15) is 0 Å². The van der Waals surface area contributed by atoms with Crippen LogP contribution in [0.4, 0.5) is 11.7 Å². The number of hydrogen-bond acceptors (Lipinski definition) is 6. The van der Waals surface area contributed by atoms with Crippen molar-refractivity contribution in [2.45, 2.75) is 41.2 Å². The van der Waals surface area contributed by atoms with Gasteiger partial charge in [0.2, 0.25) is 0 Å². The Hall–Kier alpha value is -3.16. The second-order valence-electron chi connectivity index (χ2n) is 7.13. The summed E-state index contributed by atoms with van der Waals surface area (Å²) in [5.41, 5.74) is 4.31. The summed E-state index contributed by atoms with van der Waals surface area (Å²) < 4.78 is 11.2. The molecule has 7 nitrogen and oxygen atoms in total. The van der Waals surface area contributed by atoms with Crippen LogP contribution in [0.3, 0.4) is 0 Å². The second-order valence-corrected chi connectivity index (χ2v) is 7.13. The lowest BCUT2D eigenvalue weighted by atomic mass is 10.1. The summed E-state index contributed by atoms with van der Waals surface area (Å²) in [6, 6.07) is 13.2. The first-order valence-corrected chi connectivity index (χ1v) is 11.5. The molecule has 0 bridgehead atoms. The fourth-order valence-corrected chi connectivity index (χ4v) is 3.41. The van der Waals surface area contributed by atoms with Gasteiger partial charge in [0, 0.05) is 30.9 Å². The van der Waals surface area contributed by atoms with Crippen molar-refractivity contribution in [3.8, 4) is 11.3 Å². The molecule has 2 aromatic carbocycles. The highest BCUT2D eigenvalue weighted by Crippen LogP contribution is 2.26. The van der Waals surface area contributed by atoms with Crippen LogP contribution in [-0.4, -0.2) is 47.3 Å². The highest BCUT2D eigenvalue weighted by Gasteiger charge is 2.12. The Morgan fingerprint density at radius 1 is 1.06 bits per heavy atom. The third-order valence-electron chi connectivity index (χ3n) is 4.82. The first kappa shape index (κ1) is 26.1. The van der Waals surface area contributed by atoms with Crippen molar-refractivity contribution in [3.05, 3.63) is 65.4 Å². The molecule has 0 amide bonds. The number of carbonyl (C=O) groups is 1. The summed E-state index contributed by atoms with van der Waals surface area (Å²) in [5, 5.41) is 12.2. The zero-order valence-electron chi connectivity index (χ0n) is 20.2. The van der Waals surface area contributed by atoms with E-state index >= 15 is 0 Å². The SMILES string of the molecule is CC.CC.Cc1cc(CN2CCOCC2)cc(Nc2ncc(-c3ccc(C(=O)O)cc3)o2)c1. The Morgan fingerprint density at radius 3 is 2.36 bits per heavy atom. The third-order valence-corrected chi connectivity index (χ3v) is 4.82. The van der Waals surface area contributed by atoms with E-state index in [1.54, 1.807) is 30.5 Å². The average Bonchev–Trinajstić information content (AvgIpc) is 3.30. The number of morpholine rings is 1. The molecule has 0 radical (unpaired) electrons. The second kappa shape index (κ2) is 13.4. The molecule has 2 N–H and O–H groups in total. The van der Waals surface area contributed by atoms with Gasteiger partial charge in [-0.3, -0.25) is 4.90 Å². The number of oxazole rings is 1. The maximum Gasteiger partial charge on any atom is 0.335 e. The molecule has 1 aromatic heterocycles. The molecular formula is C26H35N3O4. The van der Waals surface area contributed by atoms with E-state index in [9.17, 15) is 4.79 Å². The number of anilines is 2. The van der Waals surface area contributed by atoms with Crippen molar-refractivity contribution < 1.29 is 19.1 Å². The third kappa shape index (κ3) is 7.73. The van der Waals surface area contributed by atoms with Crippen LogP contribution in [0, 0.1) is 6.92 Å². The molecule has 7 heteroatoms. The lowest BCUT2D eigenvalue weighted by molar-refractivity contribution is 0.0342. The number of rotatable bonds is 6. The molecule has 3 aromatic rings. The van der Waals surface area contributed by atoms with E-state index < -0.39 is 5.97 Å². The van der Waals surface area contributed by atoms with Gasteiger partial charge in [0.1, 0.15) is 0 Å². The number of aryl methyl sites for hydroxylation is 1. The Labute approximate surface area is 196 Å². The van der Waals surface area contributed by atoms with Gasteiger partial charge in [-0.25, -0.2) is 9.78 Å². The van der Waals surface area contributed by atoms with Crippen LogP contribution >= 0.6 is 0 Å². The van der Waals surface area contributed by atoms with Gasteiger partial charge in [0.15, 0.2) is 5.76 Å². The Kier molecular flexibility index (Phi) is 10.6. The van der Waals surface area contributed by atoms with Crippen molar-refractivity contribution in [2.75, 3.05) is 31.6 Å². The average molecular weight is 454 g/mol. The zero-order valence-corrected chi connectivity index (χ0v) is 20.2. The number of ether oxygens (including phenoxy) is 1. The van der Waals surface area contributed by atoms with Gasteiger partial charge in [-0.15, -0.1) is 0 Å². The number of aromatic nitrogens is 1. The van der Waals surface area contributed by atoms with E-state index in [1.807, 2.05) is 33.8 Å². The predicted octanol–water partition coefficient (Wildman–Crippen LogP) is 5.98. The van der Waals surface area contributed by atoms with Gasteiger partial charge in [0.25, 0.3) is 6.01 Å². The number of carboxylic acid groups (broad SMARTS) is 1. The number of benzene rings is 2. The summed E-state index contributed by atoms with van der Waals surface area (Å²) >= 11 is 0. The maximum atomic E-state index is 11.0.